The number of benzene rings is 2. The molecule has 3 rings (SSSR count). The van der Waals surface area contributed by atoms with Gasteiger partial charge in [-0.1, -0.05) is 47.6 Å². The van der Waals surface area contributed by atoms with Crippen LogP contribution in [0, 0.1) is 0 Å². The number of carbonyl (C=O) groups excluding carboxylic acids is 1. The summed E-state index contributed by atoms with van der Waals surface area (Å²) >= 11 is 7.62. The maximum absolute atomic E-state index is 11.9. The second-order valence-corrected chi connectivity index (χ2v) is 6.87. The third kappa shape index (κ3) is 4.51. The molecule has 0 saturated carbocycles. The zero-order valence-corrected chi connectivity index (χ0v) is 15.9. The molecule has 2 aromatic carbocycles. The minimum absolute atomic E-state index is 0.141. The first kappa shape index (κ1) is 18.6. The van der Waals surface area contributed by atoms with Crippen LogP contribution in [0.4, 0.5) is 0 Å². The Morgan fingerprint density at radius 2 is 1.96 bits per heavy atom. The van der Waals surface area contributed by atoms with E-state index in [-0.39, 0.29) is 12.5 Å². The summed E-state index contributed by atoms with van der Waals surface area (Å²) in [5, 5.41) is 1.36. The predicted octanol–water partition coefficient (Wildman–Crippen LogP) is 4.42. The highest BCUT2D eigenvalue weighted by molar-refractivity contribution is 7.99. The van der Waals surface area contributed by atoms with Gasteiger partial charge in [0.2, 0.25) is 0 Å². The highest BCUT2D eigenvalue weighted by Gasteiger charge is 2.14. The summed E-state index contributed by atoms with van der Waals surface area (Å²) in [5.74, 6) is 1.07. The summed E-state index contributed by atoms with van der Waals surface area (Å²) in [6, 6.07) is 15.1. The highest BCUT2D eigenvalue weighted by atomic mass is 35.5. The normalized spacial score (nSPS) is 10.8. The van der Waals surface area contributed by atoms with Crippen molar-refractivity contribution >= 4 is 40.4 Å². The molecule has 0 unspecified atom stereocenters. The molecule has 1 aromatic heterocycles. The number of hydrogen-bond donors (Lipinski definition) is 0. The van der Waals surface area contributed by atoms with Gasteiger partial charge in [0.25, 0.3) is 0 Å². The Balaban J connectivity index is 1.68. The van der Waals surface area contributed by atoms with Crippen molar-refractivity contribution in [2.45, 2.75) is 18.6 Å². The maximum Gasteiger partial charge on any atom is 0.326 e. The van der Waals surface area contributed by atoms with Crippen LogP contribution in [0.2, 0.25) is 5.02 Å². The number of hydrogen-bond acceptors (Lipinski definition) is 5. The van der Waals surface area contributed by atoms with Gasteiger partial charge in [-0.25, -0.2) is 4.98 Å². The molecule has 0 saturated heterocycles. The Morgan fingerprint density at radius 1 is 1.19 bits per heavy atom. The van der Waals surface area contributed by atoms with Gasteiger partial charge in [-0.2, -0.15) is 0 Å². The van der Waals surface area contributed by atoms with E-state index in [9.17, 15) is 4.79 Å². The number of esters is 1. The fraction of sp³-hybridized carbons (Fsp3) is 0.263. The minimum Gasteiger partial charge on any atom is -0.491 e. The molecule has 0 fully saturated rings. The third-order valence-corrected chi connectivity index (χ3v) is 4.87. The monoisotopic (exact) mass is 390 g/mol. The van der Waals surface area contributed by atoms with Crippen LogP contribution in [0.25, 0.3) is 11.0 Å². The van der Waals surface area contributed by atoms with Gasteiger partial charge in [-0.15, -0.1) is 0 Å². The zero-order valence-electron chi connectivity index (χ0n) is 14.4. The average molecular weight is 391 g/mol. The van der Waals surface area contributed by atoms with Gasteiger partial charge < -0.3 is 14.0 Å². The van der Waals surface area contributed by atoms with Crippen LogP contribution in [-0.2, 0) is 16.1 Å². The van der Waals surface area contributed by atoms with Crippen molar-refractivity contribution < 1.29 is 14.3 Å². The lowest BCUT2D eigenvalue weighted by atomic mass is 10.3. The van der Waals surface area contributed by atoms with Gasteiger partial charge in [0.05, 0.1) is 29.3 Å². The van der Waals surface area contributed by atoms with Crippen molar-refractivity contribution in [1.29, 1.82) is 0 Å². The molecule has 0 radical (unpaired) electrons. The van der Waals surface area contributed by atoms with E-state index in [2.05, 4.69) is 4.98 Å². The molecule has 0 aliphatic heterocycles. The summed E-state index contributed by atoms with van der Waals surface area (Å²) in [6.45, 7) is 2.78. The molecule has 0 spiro atoms. The van der Waals surface area contributed by atoms with Crippen molar-refractivity contribution in [1.82, 2.24) is 9.55 Å². The van der Waals surface area contributed by atoms with Crippen molar-refractivity contribution in [2.75, 3.05) is 19.0 Å². The molecule has 3 aromatic rings. The Morgan fingerprint density at radius 3 is 2.77 bits per heavy atom. The van der Waals surface area contributed by atoms with Gasteiger partial charge >= 0.3 is 5.97 Å². The molecule has 0 amide bonds. The topological polar surface area (TPSA) is 53.4 Å². The molecular formula is C19H19ClN2O3S. The van der Waals surface area contributed by atoms with Gasteiger partial charge in [0.1, 0.15) is 12.3 Å². The number of halogens is 1. The first-order chi connectivity index (χ1) is 12.7. The first-order valence-electron chi connectivity index (χ1n) is 8.30. The van der Waals surface area contributed by atoms with Crippen molar-refractivity contribution in [2.24, 2.45) is 0 Å². The largest absolute Gasteiger partial charge is 0.491 e. The summed E-state index contributed by atoms with van der Waals surface area (Å²) in [4.78, 5) is 16.6. The molecule has 136 valence electrons. The Bertz CT molecular complexity index is 897. The zero-order chi connectivity index (χ0) is 18.4. The summed E-state index contributed by atoms with van der Waals surface area (Å²) in [5.41, 5.74) is 1.77. The molecule has 0 aliphatic carbocycles. The van der Waals surface area contributed by atoms with E-state index in [0.29, 0.717) is 29.7 Å². The van der Waals surface area contributed by atoms with Crippen LogP contribution < -0.4 is 4.74 Å². The molecule has 26 heavy (non-hydrogen) atoms. The maximum atomic E-state index is 11.9. The van der Waals surface area contributed by atoms with E-state index in [1.54, 1.807) is 13.0 Å². The number of nitrogens with zero attached hydrogens (tertiary/aromatic N) is 2. The second kappa shape index (κ2) is 8.96. The molecule has 7 heteroatoms. The molecule has 0 atom stereocenters. The Kier molecular flexibility index (Phi) is 6.41. The smallest absolute Gasteiger partial charge is 0.326 e. The van der Waals surface area contributed by atoms with Crippen LogP contribution in [0.3, 0.4) is 0 Å². The summed E-state index contributed by atoms with van der Waals surface area (Å²) in [6.07, 6.45) is 0. The lowest BCUT2D eigenvalue weighted by Gasteiger charge is -2.09. The number of fused-ring (bicyclic) bond motifs is 1. The third-order valence-electron chi connectivity index (χ3n) is 3.62. The molecule has 0 bridgehead atoms. The van der Waals surface area contributed by atoms with E-state index in [4.69, 9.17) is 21.1 Å². The lowest BCUT2D eigenvalue weighted by Crippen LogP contribution is -2.14. The van der Waals surface area contributed by atoms with Crippen LogP contribution in [-0.4, -0.2) is 34.5 Å². The van der Waals surface area contributed by atoms with Crippen molar-refractivity contribution in [3.63, 3.8) is 0 Å². The van der Waals surface area contributed by atoms with Gasteiger partial charge in [-0.3, -0.25) is 4.79 Å². The highest BCUT2D eigenvalue weighted by Crippen LogP contribution is 2.26. The van der Waals surface area contributed by atoms with E-state index in [1.165, 1.54) is 11.8 Å². The lowest BCUT2D eigenvalue weighted by molar-refractivity contribution is -0.143. The number of ether oxygens (including phenoxy) is 2. The second-order valence-electron chi connectivity index (χ2n) is 5.40. The minimum atomic E-state index is -0.273. The van der Waals surface area contributed by atoms with Crippen LogP contribution >= 0.6 is 23.4 Å². The van der Waals surface area contributed by atoms with E-state index in [0.717, 1.165) is 16.2 Å². The molecule has 0 aliphatic rings. The standard InChI is InChI=1S/C19H19ClN2O3S/c1-2-24-18(23)13-22-16-9-5-4-8-15(16)21-19(22)26-12-11-25-17-10-6-3-7-14(17)20/h3-10H,2,11-13H2,1H3. The number of thioether (sulfide) groups is 1. The summed E-state index contributed by atoms with van der Waals surface area (Å²) in [7, 11) is 0. The predicted molar refractivity (Wildman–Crippen MR) is 104 cm³/mol. The number of imidazole rings is 1. The van der Waals surface area contributed by atoms with Crippen LogP contribution in [0.5, 0.6) is 5.75 Å². The van der Waals surface area contributed by atoms with E-state index in [1.807, 2.05) is 47.0 Å². The van der Waals surface area contributed by atoms with Crippen molar-refractivity contribution in [3.8, 4) is 5.75 Å². The first-order valence-corrected chi connectivity index (χ1v) is 9.66. The molecule has 1 heterocycles. The van der Waals surface area contributed by atoms with Gasteiger partial charge in [0, 0.05) is 5.75 Å². The molecular weight excluding hydrogens is 372 g/mol. The number of para-hydroxylation sites is 3. The fourth-order valence-electron chi connectivity index (χ4n) is 2.50. The van der Waals surface area contributed by atoms with E-state index < -0.39 is 0 Å². The fourth-order valence-corrected chi connectivity index (χ4v) is 3.52. The quantitative estimate of drug-likeness (QED) is 0.323. The molecule has 0 N–H and O–H groups in total. The van der Waals surface area contributed by atoms with Crippen LogP contribution in [0.1, 0.15) is 6.92 Å². The van der Waals surface area contributed by atoms with Gasteiger partial charge in [0.15, 0.2) is 5.16 Å². The van der Waals surface area contributed by atoms with E-state index >= 15 is 0 Å². The number of rotatable bonds is 8. The average Bonchev–Trinajstić information content (AvgIpc) is 2.98. The Hall–Kier alpha value is -2.18. The SMILES string of the molecule is CCOC(=O)Cn1c(SCCOc2ccccc2Cl)nc2ccccc21. The summed E-state index contributed by atoms with van der Waals surface area (Å²) < 4.78 is 12.7. The van der Waals surface area contributed by atoms with Crippen LogP contribution in [0.15, 0.2) is 53.7 Å². The van der Waals surface area contributed by atoms with Crippen molar-refractivity contribution in [3.05, 3.63) is 53.6 Å². The molecule has 5 nitrogen and oxygen atoms in total. The van der Waals surface area contributed by atoms with Gasteiger partial charge in [-0.05, 0) is 31.2 Å². The number of carbonyl (C=O) groups is 1. The number of aromatic nitrogens is 2. The Labute approximate surface area is 161 Å².